The Morgan fingerprint density at radius 2 is 1.81 bits per heavy atom. The molecule has 0 N–H and O–H groups in total. The molecular weight excluding hydrogens is 350 g/mol. The van der Waals surface area contributed by atoms with Gasteiger partial charge in [0.25, 0.3) is 0 Å². The van der Waals surface area contributed by atoms with Crippen molar-refractivity contribution < 1.29 is 9.53 Å². The van der Waals surface area contributed by atoms with Gasteiger partial charge in [0.1, 0.15) is 17.5 Å². The molecule has 0 aliphatic carbocycles. The summed E-state index contributed by atoms with van der Waals surface area (Å²) in [7, 11) is 0. The molecule has 0 amide bonds. The number of hydrogen-bond acceptors (Lipinski definition) is 4. The Kier molecular flexibility index (Phi) is 4.37. The van der Waals surface area contributed by atoms with E-state index < -0.39 is 5.97 Å². The van der Waals surface area contributed by atoms with Crippen LogP contribution in [0.5, 0.6) is 0 Å². The SMILES string of the molecule is O=C(OCc1ccn(-c2ccccc2)n1)c1cc(Cl)nc2ccccc12. The number of carbonyl (C=O) groups excluding carboxylic acids is 1. The topological polar surface area (TPSA) is 57.0 Å². The number of ether oxygens (including phenoxy) is 1. The molecule has 0 saturated heterocycles. The van der Waals surface area contributed by atoms with Crippen molar-refractivity contribution in [3.8, 4) is 5.69 Å². The van der Waals surface area contributed by atoms with Gasteiger partial charge in [-0.25, -0.2) is 14.5 Å². The number of carbonyl (C=O) groups is 1. The van der Waals surface area contributed by atoms with E-state index in [-0.39, 0.29) is 11.8 Å². The van der Waals surface area contributed by atoms with Crippen molar-refractivity contribution >= 4 is 28.5 Å². The molecule has 0 atom stereocenters. The zero-order valence-electron chi connectivity index (χ0n) is 13.7. The lowest BCUT2D eigenvalue weighted by molar-refractivity contribution is 0.0469. The van der Waals surface area contributed by atoms with E-state index >= 15 is 0 Å². The molecule has 0 unspecified atom stereocenters. The molecule has 2 heterocycles. The molecule has 2 aromatic heterocycles. The number of fused-ring (bicyclic) bond motifs is 1. The number of para-hydroxylation sites is 2. The van der Waals surface area contributed by atoms with Crippen molar-refractivity contribution in [2.24, 2.45) is 0 Å². The molecule has 2 aromatic carbocycles. The predicted octanol–water partition coefficient (Wildman–Crippen LogP) is 4.43. The van der Waals surface area contributed by atoms with Gasteiger partial charge in [-0.2, -0.15) is 5.10 Å². The van der Waals surface area contributed by atoms with Crippen LogP contribution in [0.3, 0.4) is 0 Å². The van der Waals surface area contributed by atoms with Gasteiger partial charge in [0, 0.05) is 11.6 Å². The molecule has 4 rings (SSSR count). The number of hydrogen-bond donors (Lipinski definition) is 0. The second-order valence-corrected chi connectivity index (χ2v) is 6.06. The fourth-order valence-electron chi connectivity index (χ4n) is 2.69. The third-order valence-electron chi connectivity index (χ3n) is 3.92. The second kappa shape index (κ2) is 6.98. The molecule has 0 bridgehead atoms. The van der Waals surface area contributed by atoms with Crippen LogP contribution in [0.15, 0.2) is 72.9 Å². The summed E-state index contributed by atoms with van der Waals surface area (Å²) in [6.45, 7) is 0.0763. The molecule has 128 valence electrons. The van der Waals surface area contributed by atoms with Crippen LogP contribution < -0.4 is 0 Å². The van der Waals surface area contributed by atoms with Gasteiger partial charge >= 0.3 is 5.97 Å². The summed E-state index contributed by atoms with van der Waals surface area (Å²) in [5.41, 5.74) is 2.65. The highest BCUT2D eigenvalue weighted by molar-refractivity contribution is 6.30. The van der Waals surface area contributed by atoms with Crippen LogP contribution in [0, 0.1) is 0 Å². The second-order valence-electron chi connectivity index (χ2n) is 5.67. The minimum absolute atomic E-state index is 0.0763. The van der Waals surface area contributed by atoms with E-state index in [4.69, 9.17) is 16.3 Å². The molecule has 4 aromatic rings. The lowest BCUT2D eigenvalue weighted by atomic mass is 10.1. The number of nitrogens with zero attached hydrogens (tertiary/aromatic N) is 3. The average molecular weight is 364 g/mol. The van der Waals surface area contributed by atoms with Gasteiger partial charge < -0.3 is 4.74 Å². The zero-order chi connectivity index (χ0) is 17.9. The minimum atomic E-state index is -0.459. The Balaban J connectivity index is 1.52. The molecule has 0 saturated carbocycles. The summed E-state index contributed by atoms with van der Waals surface area (Å²) >= 11 is 6.02. The van der Waals surface area contributed by atoms with Crippen LogP contribution >= 0.6 is 11.6 Å². The van der Waals surface area contributed by atoms with Crippen molar-refractivity contribution in [2.45, 2.75) is 6.61 Å². The van der Waals surface area contributed by atoms with Crippen LogP contribution in [-0.4, -0.2) is 20.7 Å². The summed E-state index contributed by atoms with van der Waals surface area (Å²) in [6.07, 6.45) is 1.83. The molecule has 0 radical (unpaired) electrons. The summed E-state index contributed by atoms with van der Waals surface area (Å²) in [5.74, 6) is -0.459. The van der Waals surface area contributed by atoms with Crippen LogP contribution in [0.2, 0.25) is 5.15 Å². The first-order valence-electron chi connectivity index (χ1n) is 8.03. The summed E-state index contributed by atoms with van der Waals surface area (Å²) in [4.78, 5) is 16.7. The number of pyridine rings is 1. The number of benzene rings is 2. The summed E-state index contributed by atoms with van der Waals surface area (Å²) in [5, 5.41) is 5.39. The fraction of sp³-hybridized carbons (Fsp3) is 0.0500. The van der Waals surface area contributed by atoms with Crippen LogP contribution in [0.1, 0.15) is 16.1 Å². The largest absolute Gasteiger partial charge is 0.455 e. The standard InChI is InChI=1S/C20H14ClN3O2/c21-19-12-17(16-8-4-5-9-18(16)22-19)20(25)26-13-14-10-11-24(23-14)15-6-2-1-3-7-15/h1-12H,13H2. The normalized spacial score (nSPS) is 10.8. The van der Waals surface area contributed by atoms with Gasteiger partial charge in [0.05, 0.1) is 16.8 Å². The number of rotatable bonds is 4. The van der Waals surface area contributed by atoms with Crippen molar-refractivity contribution in [1.82, 2.24) is 14.8 Å². The highest BCUT2D eigenvalue weighted by Crippen LogP contribution is 2.22. The maximum Gasteiger partial charge on any atom is 0.339 e. The van der Waals surface area contributed by atoms with Gasteiger partial charge in [-0.1, -0.05) is 48.0 Å². The first-order valence-corrected chi connectivity index (χ1v) is 8.41. The van der Waals surface area contributed by atoms with E-state index in [9.17, 15) is 4.79 Å². The minimum Gasteiger partial charge on any atom is -0.455 e. The van der Waals surface area contributed by atoms with Gasteiger partial charge in [0.15, 0.2) is 0 Å². The van der Waals surface area contributed by atoms with Crippen molar-refractivity contribution in [3.63, 3.8) is 0 Å². The molecule has 0 aliphatic rings. The smallest absolute Gasteiger partial charge is 0.339 e. The average Bonchev–Trinajstić information content (AvgIpc) is 3.15. The number of esters is 1. The van der Waals surface area contributed by atoms with E-state index in [0.717, 1.165) is 5.69 Å². The van der Waals surface area contributed by atoms with Gasteiger partial charge in [-0.15, -0.1) is 0 Å². The Morgan fingerprint density at radius 3 is 2.65 bits per heavy atom. The molecule has 26 heavy (non-hydrogen) atoms. The fourth-order valence-corrected chi connectivity index (χ4v) is 2.89. The predicted molar refractivity (Wildman–Crippen MR) is 99.4 cm³/mol. The highest BCUT2D eigenvalue weighted by atomic mass is 35.5. The molecular formula is C20H14ClN3O2. The quantitative estimate of drug-likeness (QED) is 0.397. The Hall–Kier alpha value is -3.18. The molecule has 5 nitrogen and oxygen atoms in total. The van der Waals surface area contributed by atoms with Crippen LogP contribution in [0.4, 0.5) is 0 Å². The monoisotopic (exact) mass is 363 g/mol. The van der Waals surface area contributed by atoms with Gasteiger partial charge in [-0.3, -0.25) is 0 Å². The van der Waals surface area contributed by atoms with E-state index in [1.54, 1.807) is 10.7 Å². The first kappa shape index (κ1) is 16.3. The zero-order valence-corrected chi connectivity index (χ0v) is 14.4. The first-order chi connectivity index (χ1) is 12.7. The lowest BCUT2D eigenvalue weighted by Crippen LogP contribution is -2.07. The maximum atomic E-state index is 12.5. The summed E-state index contributed by atoms with van der Waals surface area (Å²) < 4.78 is 7.16. The Bertz CT molecular complexity index is 1080. The summed E-state index contributed by atoms with van der Waals surface area (Å²) in [6, 6.07) is 20.4. The van der Waals surface area contributed by atoms with Crippen molar-refractivity contribution in [2.75, 3.05) is 0 Å². The number of aromatic nitrogens is 3. The molecule has 6 heteroatoms. The molecule has 0 spiro atoms. The molecule has 0 aliphatic heterocycles. The van der Waals surface area contributed by atoms with E-state index in [0.29, 0.717) is 22.2 Å². The van der Waals surface area contributed by atoms with Gasteiger partial charge in [-0.05, 0) is 30.3 Å². The van der Waals surface area contributed by atoms with Crippen molar-refractivity contribution in [1.29, 1.82) is 0 Å². The van der Waals surface area contributed by atoms with Crippen molar-refractivity contribution in [3.05, 3.63) is 89.3 Å². The van der Waals surface area contributed by atoms with Crippen LogP contribution in [-0.2, 0) is 11.3 Å². The highest BCUT2D eigenvalue weighted by Gasteiger charge is 2.14. The lowest BCUT2D eigenvalue weighted by Gasteiger charge is -2.07. The Morgan fingerprint density at radius 1 is 1.04 bits per heavy atom. The Labute approximate surface area is 154 Å². The third kappa shape index (κ3) is 3.30. The van der Waals surface area contributed by atoms with Crippen LogP contribution in [0.25, 0.3) is 16.6 Å². The van der Waals surface area contributed by atoms with E-state index in [1.807, 2.05) is 60.8 Å². The van der Waals surface area contributed by atoms with E-state index in [2.05, 4.69) is 10.1 Å². The number of halogens is 1. The van der Waals surface area contributed by atoms with E-state index in [1.165, 1.54) is 6.07 Å². The van der Waals surface area contributed by atoms with Gasteiger partial charge in [0.2, 0.25) is 0 Å². The maximum absolute atomic E-state index is 12.5. The molecule has 0 fully saturated rings. The third-order valence-corrected chi connectivity index (χ3v) is 4.11.